The van der Waals surface area contributed by atoms with Crippen LogP contribution in [-0.2, 0) is 20.7 Å². The zero-order valence-corrected chi connectivity index (χ0v) is 15.1. The Balaban J connectivity index is 1.49. The van der Waals surface area contributed by atoms with E-state index >= 15 is 0 Å². The summed E-state index contributed by atoms with van der Waals surface area (Å²) in [6.45, 7) is 5.48. The molecule has 0 bridgehead atoms. The molecule has 5 heteroatoms. The number of carbonyl (C=O) groups excluding carboxylic acids is 2. The van der Waals surface area contributed by atoms with Crippen molar-refractivity contribution in [3.63, 3.8) is 0 Å². The summed E-state index contributed by atoms with van der Waals surface area (Å²) in [5.41, 5.74) is 2.47. The van der Waals surface area contributed by atoms with Crippen LogP contribution in [0.25, 0.3) is 0 Å². The van der Waals surface area contributed by atoms with Gasteiger partial charge >= 0.3 is 0 Å². The predicted molar refractivity (Wildman–Crippen MR) is 96.3 cm³/mol. The van der Waals surface area contributed by atoms with Crippen LogP contribution in [0, 0.1) is 6.92 Å². The van der Waals surface area contributed by atoms with Crippen molar-refractivity contribution in [3.8, 4) is 0 Å². The van der Waals surface area contributed by atoms with Crippen LogP contribution < -0.4 is 0 Å². The average Bonchev–Trinajstić information content (AvgIpc) is 3.04. The summed E-state index contributed by atoms with van der Waals surface area (Å²) in [6.07, 6.45) is 3.69. The van der Waals surface area contributed by atoms with Gasteiger partial charge in [-0.3, -0.25) is 9.59 Å². The van der Waals surface area contributed by atoms with Gasteiger partial charge in [-0.15, -0.1) is 0 Å². The summed E-state index contributed by atoms with van der Waals surface area (Å²) < 4.78 is 5.51. The van der Waals surface area contributed by atoms with Crippen molar-refractivity contribution in [1.29, 1.82) is 0 Å². The molecule has 1 aromatic carbocycles. The van der Waals surface area contributed by atoms with E-state index in [-0.39, 0.29) is 17.9 Å². The van der Waals surface area contributed by atoms with Crippen molar-refractivity contribution in [1.82, 2.24) is 9.80 Å². The Kier molecular flexibility index (Phi) is 6.08. The van der Waals surface area contributed by atoms with Gasteiger partial charge in [0.2, 0.25) is 5.91 Å². The molecule has 5 nitrogen and oxygen atoms in total. The van der Waals surface area contributed by atoms with E-state index in [9.17, 15) is 9.59 Å². The summed E-state index contributed by atoms with van der Waals surface area (Å²) in [6, 6.07) is 8.22. The van der Waals surface area contributed by atoms with Crippen molar-refractivity contribution in [2.24, 2.45) is 0 Å². The second kappa shape index (κ2) is 8.48. The van der Waals surface area contributed by atoms with E-state index in [4.69, 9.17) is 4.74 Å². The van der Waals surface area contributed by atoms with Crippen LogP contribution >= 0.6 is 0 Å². The second-order valence-corrected chi connectivity index (χ2v) is 6.99. The van der Waals surface area contributed by atoms with Crippen molar-refractivity contribution < 1.29 is 14.3 Å². The Bertz CT molecular complexity index is 611. The summed E-state index contributed by atoms with van der Waals surface area (Å²) >= 11 is 0. The minimum atomic E-state index is -0.261. The molecule has 1 unspecified atom stereocenters. The SMILES string of the molecule is Cc1ccccc1CCC(=O)N1CCCN(C(=O)C2CCCO2)CC1. The highest BCUT2D eigenvalue weighted by atomic mass is 16.5. The highest BCUT2D eigenvalue weighted by molar-refractivity contribution is 5.81. The van der Waals surface area contributed by atoms with Gasteiger partial charge in [0.05, 0.1) is 0 Å². The minimum Gasteiger partial charge on any atom is -0.368 e. The normalized spacial score (nSPS) is 21.2. The van der Waals surface area contributed by atoms with Crippen LogP contribution in [0.3, 0.4) is 0 Å². The third-order valence-electron chi connectivity index (χ3n) is 5.23. The molecule has 3 rings (SSSR count). The van der Waals surface area contributed by atoms with Crippen LogP contribution in [0.15, 0.2) is 24.3 Å². The van der Waals surface area contributed by atoms with Crippen LogP contribution in [0.2, 0.25) is 0 Å². The summed E-state index contributed by atoms with van der Waals surface area (Å²) in [4.78, 5) is 28.8. The first-order valence-electron chi connectivity index (χ1n) is 9.38. The molecule has 2 aliphatic rings. The van der Waals surface area contributed by atoms with Gasteiger partial charge in [0, 0.05) is 39.2 Å². The number of aryl methyl sites for hydroxylation is 2. The molecular formula is C20H28N2O3. The molecular weight excluding hydrogens is 316 g/mol. The number of ether oxygens (including phenoxy) is 1. The third-order valence-corrected chi connectivity index (χ3v) is 5.23. The number of rotatable bonds is 4. The van der Waals surface area contributed by atoms with Gasteiger partial charge in [0.25, 0.3) is 5.91 Å². The van der Waals surface area contributed by atoms with Crippen LogP contribution in [0.5, 0.6) is 0 Å². The fourth-order valence-electron chi connectivity index (χ4n) is 3.65. The molecule has 0 aromatic heterocycles. The van der Waals surface area contributed by atoms with Gasteiger partial charge in [-0.2, -0.15) is 0 Å². The van der Waals surface area contributed by atoms with E-state index in [0.29, 0.717) is 26.1 Å². The topological polar surface area (TPSA) is 49.9 Å². The van der Waals surface area contributed by atoms with Crippen molar-refractivity contribution in [2.45, 2.75) is 45.1 Å². The number of amides is 2. The second-order valence-electron chi connectivity index (χ2n) is 6.99. The van der Waals surface area contributed by atoms with E-state index in [1.165, 1.54) is 11.1 Å². The number of carbonyl (C=O) groups is 2. The highest BCUT2D eigenvalue weighted by Gasteiger charge is 2.29. The van der Waals surface area contributed by atoms with Crippen LogP contribution in [0.4, 0.5) is 0 Å². The van der Waals surface area contributed by atoms with E-state index in [1.807, 2.05) is 21.9 Å². The standard InChI is InChI=1S/C20H28N2O3/c1-16-6-2-3-7-17(16)9-10-19(23)21-11-5-12-22(14-13-21)20(24)18-8-4-15-25-18/h2-3,6-7,18H,4-5,8-15H2,1H3. The van der Waals surface area contributed by atoms with Gasteiger partial charge in [0.1, 0.15) is 6.10 Å². The molecule has 0 spiro atoms. The lowest BCUT2D eigenvalue weighted by atomic mass is 10.0. The molecule has 136 valence electrons. The Morgan fingerprint density at radius 3 is 2.60 bits per heavy atom. The lowest BCUT2D eigenvalue weighted by Crippen LogP contribution is -2.41. The average molecular weight is 344 g/mol. The summed E-state index contributed by atoms with van der Waals surface area (Å²) in [5.74, 6) is 0.293. The first-order valence-corrected chi connectivity index (χ1v) is 9.38. The maximum Gasteiger partial charge on any atom is 0.251 e. The third kappa shape index (κ3) is 4.60. The van der Waals surface area contributed by atoms with Gasteiger partial charge in [0.15, 0.2) is 0 Å². The van der Waals surface area contributed by atoms with Crippen molar-refractivity contribution in [3.05, 3.63) is 35.4 Å². The maximum absolute atomic E-state index is 12.6. The lowest BCUT2D eigenvalue weighted by molar-refractivity contribution is -0.141. The molecule has 1 aromatic rings. The summed E-state index contributed by atoms with van der Waals surface area (Å²) in [5, 5.41) is 0. The largest absolute Gasteiger partial charge is 0.368 e. The monoisotopic (exact) mass is 344 g/mol. The number of hydrogen-bond acceptors (Lipinski definition) is 3. The Hall–Kier alpha value is -1.88. The van der Waals surface area contributed by atoms with E-state index in [0.717, 1.165) is 38.8 Å². The molecule has 0 aliphatic carbocycles. The minimum absolute atomic E-state index is 0.103. The molecule has 0 N–H and O–H groups in total. The van der Waals surface area contributed by atoms with Gasteiger partial charge in [-0.1, -0.05) is 24.3 Å². The molecule has 2 heterocycles. The molecule has 2 saturated heterocycles. The molecule has 0 radical (unpaired) electrons. The Labute approximate surface area is 149 Å². The van der Waals surface area contributed by atoms with E-state index < -0.39 is 0 Å². The first kappa shape index (κ1) is 17.9. The zero-order chi connectivity index (χ0) is 17.6. The quantitative estimate of drug-likeness (QED) is 0.841. The predicted octanol–water partition coefficient (Wildman–Crippen LogP) is 2.17. The van der Waals surface area contributed by atoms with Crippen LogP contribution in [-0.4, -0.2) is 60.5 Å². The van der Waals surface area contributed by atoms with Crippen molar-refractivity contribution >= 4 is 11.8 Å². The molecule has 2 fully saturated rings. The first-order chi connectivity index (χ1) is 12.1. The zero-order valence-electron chi connectivity index (χ0n) is 15.1. The van der Waals surface area contributed by atoms with Crippen LogP contribution in [0.1, 0.15) is 36.8 Å². The van der Waals surface area contributed by atoms with Gasteiger partial charge in [-0.05, 0) is 43.7 Å². The van der Waals surface area contributed by atoms with E-state index in [2.05, 4.69) is 19.1 Å². The summed E-state index contributed by atoms with van der Waals surface area (Å²) in [7, 11) is 0. The number of nitrogens with zero attached hydrogens (tertiary/aromatic N) is 2. The molecule has 25 heavy (non-hydrogen) atoms. The number of hydrogen-bond donors (Lipinski definition) is 0. The lowest BCUT2D eigenvalue weighted by Gasteiger charge is -2.24. The van der Waals surface area contributed by atoms with Crippen molar-refractivity contribution in [2.75, 3.05) is 32.8 Å². The smallest absolute Gasteiger partial charge is 0.251 e. The fourth-order valence-corrected chi connectivity index (χ4v) is 3.65. The Morgan fingerprint density at radius 1 is 1.08 bits per heavy atom. The number of benzene rings is 1. The highest BCUT2D eigenvalue weighted by Crippen LogP contribution is 2.17. The maximum atomic E-state index is 12.6. The van der Waals surface area contributed by atoms with Gasteiger partial charge in [-0.25, -0.2) is 0 Å². The molecule has 1 atom stereocenters. The van der Waals surface area contributed by atoms with Gasteiger partial charge < -0.3 is 14.5 Å². The molecule has 0 saturated carbocycles. The fraction of sp³-hybridized carbons (Fsp3) is 0.600. The van der Waals surface area contributed by atoms with E-state index in [1.54, 1.807) is 0 Å². The molecule has 2 amide bonds. The molecule has 2 aliphatic heterocycles. The Morgan fingerprint density at radius 2 is 1.84 bits per heavy atom.